The predicted octanol–water partition coefficient (Wildman–Crippen LogP) is 0.251. The number of aliphatic hydroxyl groups is 2. The third-order valence-corrected chi connectivity index (χ3v) is 5.52. The highest BCUT2D eigenvalue weighted by atomic mass is 16.6. The second-order valence-corrected chi connectivity index (χ2v) is 7.38. The first-order chi connectivity index (χ1) is 13.7. The van der Waals surface area contributed by atoms with Crippen molar-refractivity contribution < 1.29 is 24.4 Å². The Labute approximate surface area is 162 Å². The fourth-order valence-corrected chi connectivity index (χ4v) is 4.00. The van der Waals surface area contributed by atoms with Crippen LogP contribution in [0.25, 0.3) is 11.2 Å². The van der Waals surface area contributed by atoms with Gasteiger partial charge in [0.05, 0.1) is 26.1 Å². The topological polar surface area (TPSA) is 138 Å². The Hall–Kier alpha value is -1.85. The number of hydrogen-bond acceptors (Lipinski definition) is 9. The largest absolute Gasteiger partial charge is 0.394 e. The zero-order valence-electron chi connectivity index (χ0n) is 15.7. The van der Waals surface area contributed by atoms with Crippen LogP contribution in [0.1, 0.15) is 31.9 Å². The molecule has 4 N–H and O–H groups in total. The van der Waals surface area contributed by atoms with E-state index >= 15 is 0 Å². The van der Waals surface area contributed by atoms with E-state index in [9.17, 15) is 10.2 Å². The minimum absolute atomic E-state index is 0.263. The fourth-order valence-electron chi connectivity index (χ4n) is 4.00. The molecule has 0 radical (unpaired) electrons. The van der Waals surface area contributed by atoms with E-state index in [0.29, 0.717) is 30.3 Å². The number of ether oxygens (including phenoxy) is 3. The minimum Gasteiger partial charge on any atom is -0.394 e. The molecule has 2 aromatic rings. The zero-order chi connectivity index (χ0) is 19.5. The maximum Gasteiger partial charge on any atom is 0.167 e. The van der Waals surface area contributed by atoms with Gasteiger partial charge >= 0.3 is 0 Å². The van der Waals surface area contributed by atoms with Gasteiger partial charge in [-0.1, -0.05) is 12.8 Å². The summed E-state index contributed by atoms with van der Waals surface area (Å²) in [4.78, 5) is 12.4. The summed E-state index contributed by atoms with van der Waals surface area (Å²) in [5.41, 5.74) is 6.78. The van der Waals surface area contributed by atoms with Gasteiger partial charge in [0.25, 0.3) is 0 Å². The molecule has 1 saturated carbocycles. The molecule has 28 heavy (non-hydrogen) atoms. The van der Waals surface area contributed by atoms with E-state index in [2.05, 4.69) is 15.0 Å². The van der Waals surface area contributed by atoms with Crippen LogP contribution in [0.5, 0.6) is 0 Å². The molecule has 0 spiro atoms. The van der Waals surface area contributed by atoms with Crippen LogP contribution < -0.4 is 5.73 Å². The van der Waals surface area contributed by atoms with Crippen LogP contribution in [0.15, 0.2) is 12.7 Å². The summed E-state index contributed by atoms with van der Waals surface area (Å²) in [5.74, 6) is 0.910. The fraction of sp³-hybridized carbons (Fsp3) is 0.722. The van der Waals surface area contributed by atoms with Crippen LogP contribution >= 0.6 is 0 Å². The third-order valence-electron chi connectivity index (χ3n) is 5.52. The second-order valence-electron chi connectivity index (χ2n) is 7.38. The van der Waals surface area contributed by atoms with Gasteiger partial charge in [-0.05, 0) is 18.8 Å². The summed E-state index contributed by atoms with van der Waals surface area (Å²) >= 11 is 0. The molecule has 4 atom stereocenters. The number of nitrogens with zero attached hydrogens (tertiary/aromatic N) is 4. The SMILES string of the molecule is Nc1ncnc2c1ncn2[C@@H]1O[C@H](CO)C(O)[C@@H]1OCCOCC1CCCC1. The van der Waals surface area contributed by atoms with E-state index in [1.54, 1.807) is 4.57 Å². The summed E-state index contributed by atoms with van der Waals surface area (Å²) in [5, 5.41) is 20.1. The van der Waals surface area contributed by atoms with Crippen molar-refractivity contribution in [1.29, 1.82) is 0 Å². The molecule has 1 aliphatic carbocycles. The second kappa shape index (κ2) is 8.66. The predicted molar refractivity (Wildman–Crippen MR) is 99.3 cm³/mol. The Morgan fingerprint density at radius 3 is 2.82 bits per heavy atom. The van der Waals surface area contributed by atoms with E-state index < -0.39 is 24.5 Å². The molecule has 0 amide bonds. The van der Waals surface area contributed by atoms with Gasteiger partial charge in [-0.25, -0.2) is 15.0 Å². The molecule has 2 aliphatic rings. The van der Waals surface area contributed by atoms with Crippen molar-refractivity contribution in [1.82, 2.24) is 19.5 Å². The smallest absolute Gasteiger partial charge is 0.167 e. The lowest BCUT2D eigenvalue weighted by molar-refractivity contribution is -0.0826. The summed E-state index contributed by atoms with van der Waals surface area (Å²) in [6, 6.07) is 0. The standard InChI is InChI=1S/C18H27N5O5/c19-16-13-17(21-9-20-16)23(10-22-13)18-15(14(25)12(7-24)28-18)27-6-5-26-8-11-3-1-2-4-11/h9-12,14-15,18,24-25H,1-8H2,(H2,19,20,21)/t12-,14?,15+,18-/m1/s1. The van der Waals surface area contributed by atoms with Crippen LogP contribution in [-0.2, 0) is 14.2 Å². The Morgan fingerprint density at radius 2 is 2.04 bits per heavy atom. The van der Waals surface area contributed by atoms with Gasteiger partial charge in [0.15, 0.2) is 17.7 Å². The lowest BCUT2D eigenvalue weighted by Gasteiger charge is -2.22. The average molecular weight is 393 g/mol. The van der Waals surface area contributed by atoms with E-state index in [1.807, 2.05) is 0 Å². The highest BCUT2D eigenvalue weighted by Crippen LogP contribution is 2.34. The number of aromatic nitrogens is 4. The number of aliphatic hydroxyl groups excluding tert-OH is 2. The normalized spacial score (nSPS) is 28.5. The van der Waals surface area contributed by atoms with E-state index in [4.69, 9.17) is 19.9 Å². The first-order valence-corrected chi connectivity index (χ1v) is 9.75. The van der Waals surface area contributed by atoms with Crippen LogP contribution in [0.2, 0.25) is 0 Å². The Balaban J connectivity index is 1.41. The zero-order valence-corrected chi connectivity index (χ0v) is 15.7. The van der Waals surface area contributed by atoms with Gasteiger partial charge < -0.3 is 30.2 Å². The molecular formula is C18H27N5O5. The van der Waals surface area contributed by atoms with Crippen molar-refractivity contribution in [3.05, 3.63) is 12.7 Å². The quantitative estimate of drug-likeness (QED) is 0.539. The number of hydrogen-bond donors (Lipinski definition) is 3. The van der Waals surface area contributed by atoms with Gasteiger partial charge in [0.2, 0.25) is 0 Å². The summed E-state index contributed by atoms with van der Waals surface area (Å²) < 4.78 is 19.1. The molecule has 3 heterocycles. The molecule has 1 saturated heterocycles. The Morgan fingerprint density at radius 1 is 1.21 bits per heavy atom. The lowest BCUT2D eigenvalue weighted by atomic mass is 10.1. The molecule has 10 heteroatoms. The van der Waals surface area contributed by atoms with E-state index in [-0.39, 0.29) is 12.4 Å². The van der Waals surface area contributed by atoms with Crippen molar-refractivity contribution in [2.45, 2.75) is 50.2 Å². The molecule has 4 rings (SSSR count). The highest BCUT2D eigenvalue weighted by Gasteiger charge is 2.45. The van der Waals surface area contributed by atoms with Crippen molar-refractivity contribution in [2.24, 2.45) is 5.92 Å². The number of rotatable bonds is 8. The van der Waals surface area contributed by atoms with Crippen LogP contribution in [0.4, 0.5) is 5.82 Å². The van der Waals surface area contributed by atoms with Gasteiger partial charge in [-0.15, -0.1) is 0 Å². The molecule has 2 fully saturated rings. The van der Waals surface area contributed by atoms with Gasteiger partial charge in [0, 0.05) is 6.61 Å². The van der Waals surface area contributed by atoms with Gasteiger partial charge in [0.1, 0.15) is 30.2 Å². The molecule has 0 aromatic carbocycles. The first kappa shape index (κ1) is 19.5. The molecule has 154 valence electrons. The van der Waals surface area contributed by atoms with Crippen LogP contribution in [0, 0.1) is 5.92 Å². The van der Waals surface area contributed by atoms with Crippen molar-refractivity contribution in [2.75, 3.05) is 32.2 Å². The number of fused-ring (bicyclic) bond motifs is 1. The number of nitrogens with two attached hydrogens (primary N) is 1. The van der Waals surface area contributed by atoms with E-state index in [0.717, 1.165) is 6.61 Å². The summed E-state index contributed by atoms with van der Waals surface area (Å²) in [6.07, 6.45) is 4.77. The maximum absolute atomic E-state index is 10.5. The molecular weight excluding hydrogens is 366 g/mol. The molecule has 0 bridgehead atoms. The molecule has 2 aromatic heterocycles. The van der Waals surface area contributed by atoms with E-state index in [1.165, 1.54) is 38.3 Å². The summed E-state index contributed by atoms with van der Waals surface area (Å²) in [7, 11) is 0. The maximum atomic E-state index is 10.5. The highest BCUT2D eigenvalue weighted by molar-refractivity contribution is 5.81. The summed E-state index contributed by atoms with van der Waals surface area (Å²) in [6.45, 7) is 1.18. The molecule has 1 unspecified atom stereocenters. The Kier molecular flexibility index (Phi) is 6.02. The van der Waals surface area contributed by atoms with Gasteiger partial charge in [-0.3, -0.25) is 4.57 Å². The first-order valence-electron chi connectivity index (χ1n) is 9.75. The third kappa shape index (κ3) is 3.83. The van der Waals surface area contributed by atoms with Crippen LogP contribution in [-0.4, -0.2) is 74.5 Å². The minimum atomic E-state index is -0.985. The number of anilines is 1. The van der Waals surface area contributed by atoms with Crippen molar-refractivity contribution in [3.63, 3.8) is 0 Å². The number of imidazole rings is 1. The molecule has 1 aliphatic heterocycles. The lowest BCUT2D eigenvalue weighted by Crippen LogP contribution is -2.36. The average Bonchev–Trinajstić information content (AvgIpc) is 3.42. The van der Waals surface area contributed by atoms with Crippen molar-refractivity contribution in [3.8, 4) is 0 Å². The monoisotopic (exact) mass is 393 g/mol. The van der Waals surface area contributed by atoms with Gasteiger partial charge in [-0.2, -0.15) is 0 Å². The van der Waals surface area contributed by atoms with Crippen molar-refractivity contribution >= 4 is 17.0 Å². The van der Waals surface area contributed by atoms with Crippen LogP contribution in [0.3, 0.4) is 0 Å². The Bertz CT molecular complexity index is 781. The molecule has 10 nitrogen and oxygen atoms in total. The number of nitrogen functional groups attached to an aromatic ring is 1.